The van der Waals surface area contributed by atoms with Crippen molar-refractivity contribution in [1.29, 1.82) is 0 Å². The summed E-state index contributed by atoms with van der Waals surface area (Å²) in [5, 5.41) is 8.31. The van der Waals surface area contributed by atoms with Crippen LogP contribution in [0.3, 0.4) is 0 Å². The second-order valence-corrected chi connectivity index (χ2v) is 8.72. The lowest BCUT2D eigenvalue weighted by molar-refractivity contribution is -0.118. The van der Waals surface area contributed by atoms with E-state index in [1.807, 2.05) is 24.5 Å². The van der Waals surface area contributed by atoms with Gasteiger partial charge in [0.2, 0.25) is 11.8 Å². The molecule has 2 aliphatic rings. The van der Waals surface area contributed by atoms with Crippen LogP contribution in [0, 0.1) is 0 Å². The standard InChI is InChI=1S/C23H24N4O4S/c1-32-11-9-19-22(30)25-18-7-6-15(12-17(18)21(29)26-19)24-20(28)8-10-27-13-14-4-2-3-5-16(14)23(27)31/h2-7,12,19H,8-11,13H2,1H3,(H,24,28)(H,25,30)(H,26,29). The zero-order chi connectivity index (χ0) is 22.7. The van der Waals surface area contributed by atoms with Gasteiger partial charge in [0.05, 0.1) is 11.3 Å². The number of carbonyl (C=O) groups is 4. The van der Waals surface area contributed by atoms with Crippen molar-refractivity contribution in [3.63, 3.8) is 0 Å². The van der Waals surface area contributed by atoms with Gasteiger partial charge in [0.25, 0.3) is 11.8 Å². The molecule has 4 rings (SSSR count). The Morgan fingerprint density at radius 3 is 2.75 bits per heavy atom. The number of hydrogen-bond donors (Lipinski definition) is 3. The number of nitrogens with zero attached hydrogens (tertiary/aromatic N) is 1. The number of benzene rings is 2. The van der Waals surface area contributed by atoms with Gasteiger partial charge in [-0.05, 0) is 48.3 Å². The SMILES string of the molecule is CSCCC1NC(=O)c2cc(NC(=O)CCN3Cc4ccccc4C3=O)ccc2NC1=O. The fourth-order valence-corrected chi connectivity index (χ4v) is 4.31. The van der Waals surface area contributed by atoms with Crippen LogP contribution < -0.4 is 16.0 Å². The van der Waals surface area contributed by atoms with Gasteiger partial charge >= 0.3 is 0 Å². The molecule has 8 nitrogen and oxygen atoms in total. The van der Waals surface area contributed by atoms with Gasteiger partial charge in [0.1, 0.15) is 6.04 Å². The fourth-order valence-electron chi connectivity index (χ4n) is 3.83. The molecule has 166 valence electrons. The van der Waals surface area contributed by atoms with E-state index < -0.39 is 6.04 Å². The Labute approximate surface area is 190 Å². The van der Waals surface area contributed by atoms with Gasteiger partial charge in [-0.1, -0.05) is 18.2 Å². The highest BCUT2D eigenvalue weighted by molar-refractivity contribution is 7.98. The highest BCUT2D eigenvalue weighted by Crippen LogP contribution is 2.25. The molecule has 0 saturated carbocycles. The smallest absolute Gasteiger partial charge is 0.254 e. The van der Waals surface area contributed by atoms with Gasteiger partial charge in [-0.2, -0.15) is 11.8 Å². The fraction of sp³-hybridized carbons (Fsp3) is 0.304. The maximum absolute atomic E-state index is 12.6. The Morgan fingerprint density at radius 1 is 1.16 bits per heavy atom. The molecule has 0 spiro atoms. The van der Waals surface area contributed by atoms with Crippen LogP contribution in [-0.4, -0.2) is 53.1 Å². The highest BCUT2D eigenvalue weighted by Gasteiger charge is 2.28. The highest BCUT2D eigenvalue weighted by atomic mass is 32.2. The minimum absolute atomic E-state index is 0.0677. The molecule has 2 aromatic rings. The third kappa shape index (κ3) is 4.62. The van der Waals surface area contributed by atoms with Crippen molar-refractivity contribution in [2.24, 2.45) is 0 Å². The maximum atomic E-state index is 12.6. The molecule has 2 heterocycles. The minimum Gasteiger partial charge on any atom is -0.340 e. The average Bonchev–Trinajstić information content (AvgIpc) is 3.05. The van der Waals surface area contributed by atoms with E-state index >= 15 is 0 Å². The molecule has 0 saturated heterocycles. The zero-order valence-corrected chi connectivity index (χ0v) is 18.5. The van der Waals surface area contributed by atoms with E-state index in [1.54, 1.807) is 40.9 Å². The van der Waals surface area contributed by atoms with Crippen molar-refractivity contribution in [2.75, 3.05) is 29.2 Å². The lowest BCUT2D eigenvalue weighted by Gasteiger charge is -2.15. The molecule has 0 bridgehead atoms. The first-order valence-electron chi connectivity index (χ1n) is 10.4. The lowest BCUT2D eigenvalue weighted by Crippen LogP contribution is -2.41. The third-order valence-electron chi connectivity index (χ3n) is 5.54. The molecule has 2 aliphatic heterocycles. The summed E-state index contributed by atoms with van der Waals surface area (Å²) < 4.78 is 0. The molecule has 2 aromatic carbocycles. The molecule has 3 N–H and O–H groups in total. The molecular weight excluding hydrogens is 428 g/mol. The van der Waals surface area contributed by atoms with Crippen molar-refractivity contribution >= 4 is 46.8 Å². The first-order chi connectivity index (χ1) is 15.5. The van der Waals surface area contributed by atoms with Crippen LogP contribution in [-0.2, 0) is 16.1 Å². The Kier molecular flexibility index (Phi) is 6.45. The molecule has 9 heteroatoms. The normalized spacial score (nSPS) is 17.2. The van der Waals surface area contributed by atoms with Gasteiger partial charge in [0.15, 0.2) is 0 Å². The van der Waals surface area contributed by atoms with E-state index in [0.717, 1.165) is 11.3 Å². The van der Waals surface area contributed by atoms with Crippen LogP contribution in [0.25, 0.3) is 0 Å². The van der Waals surface area contributed by atoms with E-state index in [2.05, 4.69) is 16.0 Å². The summed E-state index contributed by atoms with van der Waals surface area (Å²) >= 11 is 1.61. The van der Waals surface area contributed by atoms with Gasteiger partial charge in [0, 0.05) is 30.8 Å². The minimum atomic E-state index is -0.595. The summed E-state index contributed by atoms with van der Waals surface area (Å²) in [6.07, 6.45) is 2.62. The van der Waals surface area contributed by atoms with Crippen LogP contribution >= 0.6 is 11.8 Å². The number of thioether (sulfide) groups is 1. The van der Waals surface area contributed by atoms with Crippen molar-refractivity contribution in [3.05, 3.63) is 59.2 Å². The van der Waals surface area contributed by atoms with Crippen molar-refractivity contribution in [1.82, 2.24) is 10.2 Å². The molecule has 4 amide bonds. The average molecular weight is 453 g/mol. The maximum Gasteiger partial charge on any atom is 0.254 e. The van der Waals surface area contributed by atoms with Crippen LogP contribution in [0.4, 0.5) is 11.4 Å². The number of nitrogens with one attached hydrogen (secondary N) is 3. The Hall–Kier alpha value is -3.33. The largest absolute Gasteiger partial charge is 0.340 e. The molecule has 0 aliphatic carbocycles. The molecule has 1 atom stereocenters. The van der Waals surface area contributed by atoms with Crippen LogP contribution in [0.15, 0.2) is 42.5 Å². The second kappa shape index (κ2) is 9.44. The topological polar surface area (TPSA) is 108 Å². The molecular formula is C23H24N4O4S. The van der Waals surface area contributed by atoms with Crippen molar-refractivity contribution < 1.29 is 19.2 Å². The van der Waals surface area contributed by atoms with Gasteiger partial charge in [-0.25, -0.2) is 0 Å². The first-order valence-corrected chi connectivity index (χ1v) is 11.8. The summed E-state index contributed by atoms with van der Waals surface area (Å²) in [7, 11) is 0. The summed E-state index contributed by atoms with van der Waals surface area (Å²) in [5.74, 6) is -0.188. The summed E-state index contributed by atoms with van der Waals surface area (Å²) in [4.78, 5) is 51.6. The van der Waals surface area contributed by atoms with Gasteiger partial charge < -0.3 is 20.9 Å². The molecule has 0 fully saturated rings. The summed E-state index contributed by atoms with van der Waals surface area (Å²) in [6, 6.07) is 11.6. The van der Waals surface area contributed by atoms with Gasteiger partial charge in [-0.15, -0.1) is 0 Å². The third-order valence-corrected chi connectivity index (χ3v) is 6.19. The monoisotopic (exact) mass is 452 g/mol. The summed E-state index contributed by atoms with van der Waals surface area (Å²) in [5.41, 5.74) is 2.82. The van der Waals surface area contributed by atoms with E-state index in [1.165, 1.54) is 0 Å². The predicted octanol–water partition coefficient (Wildman–Crippen LogP) is 2.47. The molecule has 0 radical (unpaired) electrons. The van der Waals surface area contributed by atoms with Crippen molar-refractivity contribution in [3.8, 4) is 0 Å². The van der Waals surface area contributed by atoms with Crippen LogP contribution in [0.1, 0.15) is 39.1 Å². The number of fused-ring (bicyclic) bond motifs is 2. The molecule has 0 aromatic heterocycles. The number of carbonyl (C=O) groups excluding carboxylic acids is 4. The van der Waals surface area contributed by atoms with Crippen LogP contribution in [0.5, 0.6) is 0 Å². The second-order valence-electron chi connectivity index (χ2n) is 7.74. The lowest BCUT2D eigenvalue weighted by atomic mass is 10.1. The number of rotatable bonds is 7. The van der Waals surface area contributed by atoms with E-state index in [-0.39, 0.29) is 30.0 Å². The first kappa shape index (κ1) is 21.9. The predicted molar refractivity (Wildman–Crippen MR) is 124 cm³/mol. The summed E-state index contributed by atoms with van der Waals surface area (Å²) in [6.45, 7) is 0.802. The zero-order valence-electron chi connectivity index (χ0n) is 17.6. The number of anilines is 2. The van der Waals surface area contributed by atoms with Gasteiger partial charge in [-0.3, -0.25) is 19.2 Å². The van der Waals surface area contributed by atoms with E-state index in [9.17, 15) is 19.2 Å². The molecule has 32 heavy (non-hydrogen) atoms. The number of hydrogen-bond acceptors (Lipinski definition) is 5. The van der Waals surface area contributed by atoms with E-state index in [4.69, 9.17) is 0 Å². The van der Waals surface area contributed by atoms with Crippen LogP contribution in [0.2, 0.25) is 0 Å². The van der Waals surface area contributed by atoms with E-state index in [0.29, 0.717) is 42.0 Å². The van der Waals surface area contributed by atoms with Crippen molar-refractivity contribution in [2.45, 2.75) is 25.4 Å². The molecule has 1 unspecified atom stereocenters. The Balaban J connectivity index is 1.37. The Bertz CT molecular complexity index is 1090. The Morgan fingerprint density at radius 2 is 1.97 bits per heavy atom. The quantitative estimate of drug-likeness (QED) is 0.598. The number of amides is 4.